The van der Waals surface area contributed by atoms with E-state index in [4.69, 9.17) is 16.3 Å². The summed E-state index contributed by atoms with van der Waals surface area (Å²) in [6, 6.07) is 4.01. The van der Waals surface area contributed by atoms with E-state index in [-0.39, 0.29) is 28.0 Å². The molecule has 0 bridgehead atoms. The first-order valence-electron chi connectivity index (χ1n) is 8.26. The molecule has 2 fully saturated rings. The van der Waals surface area contributed by atoms with Crippen molar-refractivity contribution in [2.75, 3.05) is 38.7 Å². The first-order chi connectivity index (χ1) is 12.0. The number of rotatable bonds is 2. The molecule has 1 aromatic carbocycles. The van der Waals surface area contributed by atoms with Crippen LogP contribution in [0.3, 0.4) is 0 Å². The van der Waals surface area contributed by atoms with Gasteiger partial charge in [0, 0.05) is 38.8 Å². The minimum atomic E-state index is -0.666. The largest absolute Gasteiger partial charge is 0.381 e. The van der Waals surface area contributed by atoms with Crippen LogP contribution in [-0.4, -0.2) is 50.2 Å². The summed E-state index contributed by atoms with van der Waals surface area (Å²) in [6.07, 6.45) is 1.45. The fourth-order valence-corrected chi connectivity index (χ4v) is 3.91. The van der Waals surface area contributed by atoms with Crippen LogP contribution in [-0.2, 0) is 9.53 Å². The number of benzene rings is 1. The molecule has 8 heteroatoms. The molecule has 2 aliphatic heterocycles. The molecule has 3 amide bonds. The van der Waals surface area contributed by atoms with E-state index in [1.807, 2.05) is 0 Å². The number of likely N-dealkylation sites (tertiary alicyclic amines) is 1. The molecular weight excluding hydrogens is 349 g/mol. The number of nitrogens with zero attached hydrogens (tertiary/aromatic N) is 1. The summed E-state index contributed by atoms with van der Waals surface area (Å²) in [4.78, 5) is 26.5. The first-order valence-corrected chi connectivity index (χ1v) is 8.64. The fourth-order valence-electron chi connectivity index (χ4n) is 3.74. The van der Waals surface area contributed by atoms with Crippen LogP contribution >= 0.6 is 11.6 Å². The number of carbonyl (C=O) groups is 2. The molecule has 3 rings (SSSR count). The lowest BCUT2D eigenvalue weighted by molar-refractivity contribution is -0.129. The third-order valence-corrected chi connectivity index (χ3v) is 5.47. The predicted octanol–water partition coefficient (Wildman–Crippen LogP) is 2.49. The third kappa shape index (κ3) is 3.43. The highest BCUT2D eigenvalue weighted by molar-refractivity contribution is 6.31. The van der Waals surface area contributed by atoms with Gasteiger partial charge in [-0.1, -0.05) is 17.7 Å². The maximum Gasteiger partial charge on any atom is 0.321 e. The SMILES string of the molecule is CNC(=O)C1CN(C(=O)Nc2cccc(Cl)c2F)CC12CCOCC2. The molecule has 1 atom stereocenters. The zero-order valence-electron chi connectivity index (χ0n) is 14.0. The van der Waals surface area contributed by atoms with E-state index in [1.54, 1.807) is 18.0 Å². The highest BCUT2D eigenvalue weighted by Gasteiger charge is 2.51. The topological polar surface area (TPSA) is 70.7 Å². The van der Waals surface area contributed by atoms with Crippen LogP contribution in [0, 0.1) is 17.2 Å². The van der Waals surface area contributed by atoms with Gasteiger partial charge in [0.25, 0.3) is 0 Å². The van der Waals surface area contributed by atoms with E-state index < -0.39 is 11.8 Å². The lowest BCUT2D eigenvalue weighted by Gasteiger charge is -2.36. The van der Waals surface area contributed by atoms with E-state index in [9.17, 15) is 14.0 Å². The molecule has 2 heterocycles. The van der Waals surface area contributed by atoms with Crippen molar-refractivity contribution in [2.24, 2.45) is 11.3 Å². The Balaban J connectivity index is 1.77. The molecule has 25 heavy (non-hydrogen) atoms. The molecule has 6 nitrogen and oxygen atoms in total. The van der Waals surface area contributed by atoms with Crippen LogP contribution in [0.2, 0.25) is 5.02 Å². The van der Waals surface area contributed by atoms with Crippen molar-refractivity contribution < 1.29 is 18.7 Å². The summed E-state index contributed by atoms with van der Waals surface area (Å²) in [5.74, 6) is -1.04. The molecule has 2 N–H and O–H groups in total. The van der Waals surface area contributed by atoms with Gasteiger partial charge in [-0.15, -0.1) is 0 Å². The molecule has 1 spiro atoms. The van der Waals surface area contributed by atoms with Gasteiger partial charge in [0.2, 0.25) is 5.91 Å². The minimum Gasteiger partial charge on any atom is -0.381 e. The minimum absolute atomic E-state index is 0.0296. The number of urea groups is 1. The lowest BCUT2D eigenvalue weighted by atomic mass is 9.72. The number of anilines is 1. The van der Waals surface area contributed by atoms with Crippen molar-refractivity contribution in [1.82, 2.24) is 10.2 Å². The lowest BCUT2D eigenvalue weighted by Crippen LogP contribution is -2.43. The Kier molecular flexibility index (Phi) is 5.15. The van der Waals surface area contributed by atoms with Gasteiger partial charge in [0.1, 0.15) is 0 Å². The highest BCUT2D eigenvalue weighted by Crippen LogP contribution is 2.44. The fraction of sp³-hybridized carbons (Fsp3) is 0.529. The maximum atomic E-state index is 14.0. The van der Waals surface area contributed by atoms with Crippen LogP contribution in [0.1, 0.15) is 12.8 Å². The van der Waals surface area contributed by atoms with E-state index in [2.05, 4.69) is 10.6 Å². The molecule has 1 aromatic rings. The highest BCUT2D eigenvalue weighted by atomic mass is 35.5. The molecule has 0 aromatic heterocycles. The first kappa shape index (κ1) is 17.9. The Bertz CT molecular complexity index is 679. The van der Waals surface area contributed by atoms with E-state index in [0.717, 1.165) is 12.8 Å². The molecule has 0 aliphatic carbocycles. The average Bonchev–Trinajstić information content (AvgIpc) is 2.98. The smallest absolute Gasteiger partial charge is 0.321 e. The number of halogens is 2. The maximum absolute atomic E-state index is 14.0. The van der Waals surface area contributed by atoms with Crippen molar-refractivity contribution in [2.45, 2.75) is 12.8 Å². The zero-order chi connectivity index (χ0) is 18.0. The summed E-state index contributed by atoms with van der Waals surface area (Å²) in [5, 5.41) is 5.19. The van der Waals surface area contributed by atoms with Gasteiger partial charge < -0.3 is 20.3 Å². The summed E-state index contributed by atoms with van der Waals surface area (Å²) in [6.45, 7) is 1.90. The van der Waals surface area contributed by atoms with Crippen molar-refractivity contribution in [3.05, 3.63) is 29.0 Å². The molecule has 136 valence electrons. The van der Waals surface area contributed by atoms with Gasteiger partial charge >= 0.3 is 6.03 Å². The van der Waals surface area contributed by atoms with E-state index in [1.165, 1.54) is 12.1 Å². The average molecular weight is 370 g/mol. The van der Waals surface area contributed by atoms with Crippen molar-refractivity contribution >= 4 is 29.2 Å². The van der Waals surface area contributed by atoms with Crippen LogP contribution < -0.4 is 10.6 Å². The number of hydrogen-bond acceptors (Lipinski definition) is 3. The predicted molar refractivity (Wildman–Crippen MR) is 92.0 cm³/mol. The Morgan fingerprint density at radius 2 is 2.08 bits per heavy atom. The normalized spacial score (nSPS) is 22.0. The summed E-state index contributed by atoms with van der Waals surface area (Å²) < 4.78 is 19.4. The Labute approximate surface area is 150 Å². The van der Waals surface area contributed by atoms with Crippen LogP contribution in [0.15, 0.2) is 18.2 Å². The Hall–Kier alpha value is -1.86. The Morgan fingerprint density at radius 1 is 1.36 bits per heavy atom. The van der Waals surface area contributed by atoms with E-state index in [0.29, 0.717) is 26.3 Å². The molecule has 0 radical (unpaired) electrons. The van der Waals surface area contributed by atoms with Gasteiger partial charge in [-0.2, -0.15) is 0 Å². The molecule has 0 saturated carbocycles. The molecule has 1 unspecified atom stereocenters. The van der Waals surface area contributed by atoms with Crippen LogP contribution in [0.5, 0.6) is 0 Å². The van der Waals surface area contributed by atoms with Gasteiger partial charge in [-0.25, -0.2) is 9.18 Å². The van der Waals surface area contributed by atoms with Crippen molar-refractivity contribution in [1.29, 1.82) is 0 Å². The zero-order valence-corrected chi connectivity index (χ0v) is 14.7. The van der Waals surface area contributed by atoms with Crippen LogP contribution in [0.4, 0.5) is 14.9 Å². The summed E-state index contributed by atoms with van der Waals surface area (Å²) in [5.41, 5.74) is -0.260. The summed E-state index contributed by atoms with van der Waals surface area (Å²) in [7, 11) is 1.60. The summed E-state index contributed by atoms with van der Waals surface area (Å²) >= 11 is 5.75. The third-order valence-electron chi connectivity index (χ3n) is 5.18. The number of hydrogen-bond donors (Lipinski definition) is 2. The standard InChI is InChI=1S/C17H21ClFN3O3/c1-20-15(23)11-9-22(10-17(11)5-7-25-8-6-17)16(24)21-13-4-2-3-12(18)14(13)19/h2-4,11H,5-10H2,1H3,(H,20,23)(H,21,24). The Morgan fingerprint density at radius 3 is 2.76 bits per heavy atom. The molecule has 2 aliphatic rings. The monoisotopic (exact) mass is 369 g/mol. The van der Waals surface area contributed by atoms with Gasteiger partial charge in [-0.3, -0.25) is 4.79 Å². The number of nitrogens with one attached hydrogen (secondary N) is 2. The van der Waals surface area contributed by atoms with Gasteiger partial charge in [0.15, 0.2) is 5.82 Å². The quantitative estimate of drug-likeness (QED) is 0.841. The molecular formula is C17H21ClFN3O3. The van der Waals surface area contributed by atoms with Gasteiger partial charge in [-0.05, 0) is 25.0 Å². The number of amides is 3. The van der Waals surface area contributed by atoms with Crippen LogP contribution in [0.25, 0.3) is 0 Å². The molecule has 2 saturated heterocycles. The number of ether oxygens (including phenoxy) is 1. The van der Waals surface area contributed by atoms with Crippen molar-refractivity contribution in [3.63, 3.8) is 0 Å². The second-order valence-electron chi connectivity index (χ2n) is 6.55. The number of carbonyl (C=O) groups excluding carboxylic acids is 2. The van der Waals surface area contributed by atoms with Gasteiger partial charge in [0.05, 0.1) is 16.6 Å². The second-order valence-corrected chi connectivity index (χ2v) is 6.96. The second kappa shape index (κ2) is 7.17. The van der Waals surface area contributed by atoms with Crippen molar-refractivity contribution in [3.8, 4) is 0 Å². The van der Waals surface area contributed by atoms with E-state index >= 15 is 0 Å².